The van der Waals surface area contributed by atoms with Crippen LogP contribution in [0, 0.1) is 0 Å². The molecule has 6 heteroatoms. The van der Waals surface area contributed by atoms with Crippen molar-refractivity contribution in [2.75, 3.05) is 0 Å². The zero-order chi connectivity index (χ0) is 0. The number of hydrogen-bond donors (Lipinski definition) is 0. The maximum absolute atomic E-state index is 0. The predicted molar refractivity (Wildman–Crippen MR) is 11.5 cm³/mol. The first-order valence-corrected chi connectivity index (χ1v) is 0. The van der Waals surface area contributed by atoms with E-state index in [1.165, 1.54) is 0 Å². The van der Waals surface area contributed by atoms with Gasteiger partial charge in [0.25, 0.3) is 0 Å². The molecule has 0 bridgehead atoms. The van der Waals surface area contributed by atoms with Gasteiger partial charge in [-0.25, -0.2) is 0 Å². The molecule has 0 atom stereocenters. The summed E-state index contributed by atoms with van der Waals surface area (Å²) in [5, 5.41) is 0. The summed E-state index contributed by atoms with van der Waals surface area (Å²) < 4.78 is 0. The third kappa shape index (κ3) is 25.3. The van der Waals surface area contributed by atoms with E-state index in [9.17, 15) is 0 Å². The van der Waals surface area contributed by atoms with E-state index in [0.717, 1.165) is 0 Å². The number of rotatable bonds is 0. The van der Waals surface area contributed by atoms with Crippen LogP contribution in [0.25, 0.3) is 0 Å². The topological polar surface area (TPSA) is 0 Å². The SMILES string of the molecule is [Cu].[Ni].[Pd].[Pt].[Se].[Te]. The monoisotopic (exact) mass is 632 g/mol. The molecule has 53 valence electrons. The molecule has 0 rings (SSSR count). The summed E-state index contributed by atoms with van der Waals surface area (Å²) >= 11 is 0. The van der Waals surface area contributed by atoms with Gasteiger partial charge in [-0.3, -0.25) is 0 Å². The molecule has 0 amide bonds. The van der Waals surface area contributed by atoms with Gasteiger partial charge in [0, 0.05) is 116 Å². The molecule has 0 heterocycles. The van der Waals surface area contributed by atoms with Gasteiger partial charge in [-0.2, -0.15) is 0 Å². The van der Waals surface area contributed by atoms with E-state index in [1.54, 1.807) is 0 Å². The fourth-order valence-electron chi connectivity index (χ4n) is 0. The van der Waals surface area contributed by atoms with Crippen LogP contribution in [0.2, 0.25) is 0 Å². The molecule has 0 nitrogen and oxygen atoms in total. The first kappa shape index (κ1) is 53.9. The molecular formula is CuNiPdPtSeTe. The van der Waals surface area contributed by atoms with Crippen molar-refractivity contribution in [1.82, 2.24) is 0 Å². The first-order valence-electron chi connectivity index (χ1n) is 0. The third-order valence-corrected chi connectivity index (χ3v) is 0. The zero-order valence-electron chi connectivity index (χ0n) is 2.07. The van der Waals surface area contributed by atoms with Gasteiger partial charge in [0.1, 0.15) is 0 Å². The van der Waals surface area contributed by atoms with E-state index in [4.69, 9.17) is 0 Å². The van der Waals surface area contributed by atoms with E-state index < -0.39 is 0 Å². The van der Waals surface area contributed by atoms with Crippen molar-refractivity contribution in [2.45, 2.75) is 0 Å². The summed E-state index contributed by atoms with van der Waals surface area (Å²) in [6.45, 7) is 0. The Morgan fingerprint density at radius 2 is 1.00 bits per heavy atom. The average molecular weight is 630 g/mol. The van der Waals surface area contributed by atoms with E-state index in [-0.39, 0.29) is 116 Å². The van der Waals surface area contributed by atoms with Crippen LogP contribution in [-0.4, -0.2) is 40.7 Å². The van der Waals surface area contributed by atoms with Crippen molar-refractivity contribution in [2.24, 2.45) is 0 Å². The van der Waals surface area contributed by atoms with Crippen LogP contribution < -0.4 is 0 Å². The van der Waals surface area contributed by atoms with Gasteiger partial charge in [-0.15, -0.1) is 0 Å². The molecule has 0 aliphatic rings. The maximum Gasteiger partial charge on any atom is 0 e. The Labute approximate surface area is 114 Å². The summed E-state index contributed by atoms with van der Waals surface area (Å²) in [5.74, 6) is 0. The molecule has 0 N–H and O–H groups in total. The van der Waals surface area contributed by atoms with Crippen molar-refractivity contribution < 1.29 is 75.0 Å². The second-order valence-electron chi connectivity index (χ2n) is 0. The molecule has 0 saturated heterocycles. The second-order valence-corrected chi connectivity index (χ2v) is 0. The van der Waals surface area contributed by atoms with Crippen LogP contribution in [0.3, 0.4) is 0 Å². The van der Waals surface area contributed by atoms with E-state index in [0.29, 0.717) is 0 Å². The maximum atomic E-state index is 0. The minimum absolute atomic E-state index is 0. The van der Waals surface area contributed by atoms with E-state index >= 15 is 0 Å². The standard InChI is InChI=1S/Cu.Ni.Pd.Pt.Se.Te. The van der Waals surface area contributed by atoms with Crippen LogP contribution in [0.4, 0.5) is 0 Å². The Morgan fingerprint density at radius 1 is 1.00 bits per heavy atom. The number of hydrogen-bond acceptors (Lipinski definition) is 0. The Hall–Kier alpha value is 3.67. The molecule has 0 fully saturated rings. The van der Waals surface area contributed by atoms with Gasteiger partial charge in [0.2, 0.25) is 0 Å². The molecule has 0 aliphatic carbocycles. The Bertz CT molecular complexity index is 15.5. The smallest absolute Gasteiger partial charge is 0 e. The van der Waals surface area contributed by atoms with Crippen molar-refractivity contribution in [1.29, 1.82) is 0 Å². The van der Waals surface area contributed by atoms with Gasteiger partial charge in [0.05, 0.1) is 0 Å². The van der Waals surface area contributed by atoms with Crippen LogP contribution in [0.1, 0.15) is 0 Å². The molecule has 0 aromatic rings. The van der Waals surface area contributed by atoms with Crippen molar-refractivity contribution in [3.8, 4) is 0 Å². The molecule has 0 aromatic carbocycles. The molecule has 0 spiro atoms. The van der Waals surface area contributed by atoms with Crippen LogP contribution in [0.15, 0.2) is 0 Å². The van der Waals surface area contributed by atoms with Gasteiger partial charge >= 0.3 is 0 Å². The van der Waals surface area contributed by atoms with Crippen molar-refractivity contribution >= 4 is 40.7 Å². The quantitative estimate of drug-likeness (QED) is 0.309. The van der Waals surface area contributed by atoms with Crippen molar-refractivity contribution in [3.05, 3.63) is 0 Å². The van der Waals surface area contributed by atoms with Crippen molar-refractivity contribution in [3.63, 3.8) is 0 Å². The summed E-state index contributed by atoms with van der Waals surface area (Å²) in [7, 11) is 0. The molecule has 0 aliphatic heterocycles. The molecule has 6 heavy (non-hydrogen) atoms. The van der Waals surface area contributed by atoms with Gasteiger partial charge in [-0.1, -0.05) is 0 Å². The van der Waals surface area contributed by atoms with Gasteiger partial charge < -0.3 is 0 Å². The van der Waals surface area contributed by atoms with Crippen LogP contribution in [-0.2, 0) is 75.0 Å². The first-order chi connectivity index (χ1) is 0. The summed E-state index contributed by atoms with van der Waals surface area (Å²) in [4.78, 5) is 0. The van der Waals surface area contributed by atoms with E-state index in [2.05, 4.69) is 0 Å². The summed E-state index contributed by atoms with van der Waals surface area (Å²) in [6, 6.07) is 0. The Balaban J connectivity index is 0. The molecular weight excluding hydrogens is 630 g/mol. The molecule has 0 unspecified atom stereocenters. The molecule has 5 radical (unpaired) electrons. The fraction of sp³-hybridized carbons (Fsp3) is 0. The van der Waals surface area contributed by atoms with Crippen LogP contribution in [0.5, 0.6) is 0 Å². The Kier molecular flexibility index (Phi) is 340. The largest absolute Gasteiger partial charge is 0 e. The summed E-state index contributed by atoms with van der Waals surface area (Å²) in [5.41, 5.74) is 0. The minimum Gasteiger partial charge on any atom is 0 e. The van der Waals surface area contributed by atoms with Crippen LogP contribution >= 0.6 is 0 Å². The normalized spacial score (nSPS) is 0. The zero-order valence-corrected chi connectivity index (χ0v) is 11.9. The fourth-order valence-corrected chi connectivity index (χ4v) is 0. The molecule has 0 aromatic heterocycles. The minimum atomic E-state index is 0. The summed E-state index contributed by atoms with van der Waals surface area (Å²) in [6.07, 6.45) is 0. The van der Waals surface area contributed by atoms with Gasteiger partial charge in [-0.05, 0) is 0 Å². The third-order valence-electron chi connectivity index (χ3n) is 0. The second kappa shape index (κ2) is 37.9. The molecule has 0 saturated carbocycles. The average Bonchev–Trinajstić information content (AvgIpc) is 0. The van der Waals surface area contributed by atoms with Gasteiger partial charge in [0.15, 0.2) is 0 Å². The van der Waals surface area contributed by atoms with E-state index in [1.807, 2.05) is 0 Å². The predicted octanol–water partition coefficient (Wildman–Crippen LogP) is -0.772. The Morgan fingerprint density at radius 3 is 1.00 bits per heavy atom.